The molecule has 2 aliphatic rings. The van der Waals surface area contributed by atoms with E-state index < -0.39 is 11.2 Å². The molecule has 2 saturated carbocycles. The van der Waals surface area contributed by atoms with Crippen molar-refractivity contribution >= 4 is 0 Å². The van der Waals surface area contributed by atoms with Gasteiger partial charge in [0.1, 0.15) is 0 Å². The summed E-state index contributed by atoms with van der Waals surface area (Å²) in [5.41, 5.74) is -0.719. The van der Waals surface area contributed by atoms with Gasteiger partial charge < -0.3 is 15.5 Å². The van der Waals surface area contributed by atoms with Crippen molar-refractivity contribution in [3.05, 3.63) is 0 Å². The Morgan fingerprint density at radius 2 is 1.15 bits per heavy atom. The molecule has 0 unspecified atom stereocenters. The van der Waals surface area contributed by atoms with E-state index in [0.717, 1.165) is 51.4 Å². The van der Waals surface area contributed by atoms with Crippen LogP contribution in [-0.4, -0.2) is 34.5 Å². The molecule has 0 spiro atoms. The molecule has 0 radical (unpaired) electrons. The average molecular weight is 283 g/mol. The molecule has 2 aliphatic carbocycles. The maximum absolute atomic E-state index is 10.6. The number of hydrogen-bond acceptors (Lipinski definition) is 3. The van der Waals surface area contributed by atoms with Crippen LogP contribution in [0.4, 0.5) is 0 Å². The van der Waals surface area contributed by atoms with E-state index in [4.69, 9.17) is 0 Å². The third kappa shape index (κ3) is 4.71. The fraction of sp³-hybridized carbons (Fsp3) is 1.00. The SMILES string of the molecule is CC1(C)CCC(O)(CNCC2(O)CCCCCC2)CC1. The molecular formula is C17H33NO2. The van der Waals surface area contributed by atoms with Crippen LogP contribution in [0.5, 0.6) is 0 Å². The van der Waals surface area contributed by atoms with E-state index in [1.807, 2.05) is 0 Å². The zero-order valence-corrected chi connectivity index (χ0v) is 13.4. The topological polar surface area (TPSA) is 52.5 Å². The van der Waals surface area contributed by atoms with Crippen LogP contribution in [0.15, 0.2) is 0 Å². The third-order valence-electron chi connectivity index (χ3n) is 5.48. The van der Waals surface area contributed by atoms with Crippen molar-refractivity contribution in [2.24, 2.45) is 5.41 Å². The van der Waals surface area contributed by atoms with Gasteiger partial charge >= 0.3 is 0 Å². The second-order valence-electron chi connectivity index (χ2n) is 8.13. The fourth-order valence-corrected chi connectivity index (χ4v) is 3.66. The molecule has 0 bridgehead atoms. The highest BCUT2D eigenvalue weighted by molar-refractivity contribution is 4.92. The van der Waals surface area contributed by atoms with Gasteiger partial charge in [-0.1, -0.05) is 39.5 Å². The Morgan fingerprint density at radius 3 is 1.65 bits per heavy atom. The van der Waals surface area contributed by atoms with Crippen molar-refractivity contribution in [2.75, 3.05) is 13.1 Å². The lowest BCUT2D eigenvalue weighted by molar-refractivity contribution is -0.0323. The van der Waals surface area contributed by atoms with Crippen LogP contribution in [0.2, 0.25) is 0 Å². The van der Waals surface area contributed by atoms with Gasteiger partial charge in [0.15, 0.2) is 0 Å². The Morgan fingerprint density at radius 1 is 0.700 bits per heavy atom. The summed E-state index contributed by atoms with van der Waals surface area (Å²) in [6.07, 6.45) is 10.5. The predicted octanol–water partition coefficient (Wildman–Crippen LogP) is 2.99. The Balaban J connectivity index is 1.74. The van der Waals surface area contributed by atoms with Crippen molar-refractivity contribution in [1.82, 2.24) is 5.32 Å². The molecule has 0 atom stereocenters. The van der Waals surface area contributed by atoms with Gasteiger partial charge in [-0.05, 0) is 43.9 Å². The smallest absolute Gasteiger partial charge is 0.0772 e. The zero-order chi connectivity index (χ0) is 14.7. The molecule has 3 nitrogen and oxygen atoms in total. The molecule has 0 aromatic heterocycles. The summed E-state index contributed by atoms with van der Waals surface area (Å²) < 4.78 is 0. The lowest BCUT2D eigenvalue weighted by Gasteiger charge is -2.41. The monoisotopic (exact) mass is 283 g/mol. The Bertz CT molecular complexity index is 296. The molecule has 3 heteroatoms. The van der Waals surface area contributed by atoms with Crippen molar-refractivity contribution < 1.29 is 10.2 Å². The summed E-state index contributed by atoms with van der Waals surface area (Å²) in [4.78, 5) is 0. The highest BCUT2D eigenvalue weighted by Gasteiger charge is 2.37. The van der Waals surface area contributed by atoms with Crippen LogP contribution in [0.25, 0.3) is 0 Å². The maximum atomic E-state index is 10.6. The standard InChI is InChI=1S/C17H33NO2/c1-15(2)9-11-17(20,12-10-15)14-18-13-16(19)7-5-3-4-6-8-16/h18-20H,3-14H2,1-2H3. The molecule has 0 saturated heterocycles. The molecule has 0 aromatic rings. The molecule has 2 rings (SSSR count). The van der Waals surface area contributed by atoms with Gasteiger partial charge in [0.25, 0.3) is 0 Å². The number of rotatable bonds is 4. The minimum absolute atomic E-state index is 0.381. The van der Waals surface area contributed by atoms with Crippen LogP contribution in [-0.2, 0) is 0 Å². The second-order valence-corrected chi connectivity index (χ2v) is 8.13. The Labute approximate surface area is 124 Å². The summed E-state index contributed by atoms with van der Waals surface area (Å²) in [7, 11) is 0. The molecule has 118 valence electrons. The summed E-state index contributed by atoms with van der Waals surface area (Å²) in [6, 6.07) is 0. The minimum Gasteiger partial charge on any atom is -0.389 e. The fourth-order valence-electron chi connectivity index (χ4n) is 3.66. The van der Waals surface area contributed by atoms with Crippen LogP contribution in [0, 0.1) is 5.41 Å². The van der Waals surface area contributed by atoms with Gasteiger partial charge in [-0.15, -0.1) is 0 Å². The van der Waals surface area contributed by atoms with E-state index >= 15 is 0 Å². The molecule has 0 amide bonds. The Kier molecular flexibility index (Phi) is 5.14. The van der Waals surface area contributed by atoms with Crippen molar-refractivity contribution in [1.29, 1.82) is 0 Å². The molecule has 20 heavy (non-hydrogen) atoms. The molecule has 0 aliphatic heterocycles. The summed E-state index contributed by atoms with van der Waals surface area (Å²) >= 11 is 0. The van der Waals surface area contributed by atoms with E-state index in [-0.39, 0.29) is 0 Å². The van der Waals surface area contributed by atoms with E-state index in [1.54, 1.807) is 0 Å². The van der Waals surface area contributed by atoms with Crippen LogP contribution in [0.1, 0.15) is 78.1 Å². The lowest BCUT2D eigenvalue weighted by Crippen LogP contribution is -2.49. The first kappa shape index (κ1) is 16.3. The lowest BCUT2D eigenvalue weighted by atomic mass is 9.71. The first-order chi connectivity index (χ1) is 9.33. The number of aliphatic hydroxyl groups is 2. The van der Waals surface area contributed by atoms with Gasteiger partial charge in [0.05, 0.1) is 11.2 Å². The number of hydrogen-bond donors (Lipinski definition) is 3. The maximum Gasteiger partial charge on any atom is 0.0772 e. The largest absolute Gasteiger partial charge is 0.389 e. The van der Waals surface area contributed by atoms with E-state index in [9.17, 15) is 10.2 Å². The highest BCUT2D eigenvalue weighted by Crippen LogP contribution is 2.39. The van der Waals surface area contributed by atoms with E-state index in [1.165, 1.54) is 12.8 Å². The number of nitrogens with one attached hydrogen (secondary N) is 1. The summed E-state index contributed by atoms with van der Waals surface area (Å²) in [6.45, 7) is 5.84. The quantitative estimate of drug-likeness (QED) is 0.695. The predicted molar refractivity (Wildman–Crippen MR) is 82.7 cm³/mol. The van der Waals surface area contributed by atoms with Crippen LogP contribution in [0.3, 0.4) is 0 Å². The molecule has 0 heterocycles. The molecular weight excluding hydrogens is 250 g/mol. The van der Waals surface area contributed by atoms with E-state index in [2.05, 4.69) is 19.2 Å². The van der Waals surface area contributed by atoms with Crippen molar-refractivity contribution in [3.63, 3.8) is 0 Å². The first-order valence-electron chi connectivity index (χ1n) is 8.48. The minimum atomic E-state index is -0.559. The van der Waals surface area contributed by atoms with Gasteiger partial charge in [-0.3, -0.25) is 0 Å². The van der Waals surface area contributed by atoms with Gasteiger partial charge in [-0.25, -0.2) is 0 Å². The van der Waals surface area contributed by atoms with E-state index in [0.29, 0.717) is 18.5 Å². The summed E-state index contributed by atoms with van der Waals surface area (Å²) in [5.74, 6) is 0. The zero-order valence-electron chi connectivity index (χ0n) is 13.4. The van der Waals surface area contributed by atoms with Gasteiger partial charge in [0.2, 0.25) is 0 Å². The van der Waals surface area contributed by atoms with Crippen LogP contribution < -0.4 is 5.32 Å². The third-order valence-corrected chi connectivity index (χ3v) is 5.48. The highest BCUT2D eigenvalue weighted by atomic mass is 16.3. The Hall–Kier alpha value is -0.120. The molecule has 3 N–H and O–H groups in total. The molecule has 2 fully saturated rings. The second kappa shape index (κ2) is 6.33. The average Bonchev–Trinajstić information content (AvgIpc) is 2.59. The first-order valence-corrected chi connectivity index (χ1v) is 8.48. The van der Waals surface area contributed by atoms with Gasteiger partial charge in [0, 0.05) is 13.1 Å². The van der Waals surface area contributed by atoms with Crippen molar-refractivity contribution in [3.8, 4) is 0 Å². The van der Waals surface area contributed by atoms with Crippen molar-refractivity contribution in [2.45, 2.75) is 89.3 Å². The normalized spacial score (nSPS) is 28.8. The summed E-state index contributed by atoms with van der Waals surface area (Å²) in [5, 5.41) is 24.6. The van der Waals surface area contributed by atoms with Crippen LogP contribution >= 0.6 is 0 Å². The molecule has 0 aromatic carbocycles. The van der Waals surface area contributed by atoms with Gasteiger partial charge in [-0.2, -0.15) is 0 Å².